The lowest BCUT2D eigenvalue weighted by atomic mass is 10.1. The average molecular weight is 308 g/mol. The van der Waals surface area contributed by atoms with Gasteiger partial charge in [-0.3, -0.25) is 0 Å². The molecule has 1 aliphatic rings. The van der Waals surface area contributed by atoms with Crippen LogP contribution in [0.25, 0.3) is 6.08 Å². The largest absolute Gasteiger partial charge is 0.496 e. The van der Waals surface area contributed by atoms with Crippen LogP contribution >= 0.6 is 11.8 Å². The van der Waals surface area contributed by atoms with Crippen LogP contribution in [0.1, 0.15) is 24.0 Å². The number of rotatable bonds is 6. The summed E-state index contributed by atoms with van der Waals surface area (Å²) < 4.78 is 10.6. The number of methoxy groups -OCH3 is 1. The van der Waals surface area contributed by atoms with E-state index in [0.29, 0.717) is 11.0 Å². The fourth-order valence-electron chi connectivity index (χ4n) is 2.22. The fourth-order valence-corrected chi connectivity index (χ4v) is 3.36. The first-order valence-electron chi connectivity index (χ1n) is 6.96. The molecule has 1 aliphatic heterocycles. The maximum atomic E-state index is 10.6. The lowest BCUT2D eigenvalue weighted by molar-refractivity contribution is -0.131. The Hall–Kier alpha value is -1.46. The predicted octanol–water partition coefficient (Wildman–Crippen LogP) is 3.21. The molecule has 0 radical (unpaired) electrons. The second kappa shape index (κ2) is 8.10. The monoisotopic (exact) mass is 308 g/mol. The molecular formula is C16H20O4S. The van der Waals surface area contributed by atoms with Crippen LogP contribution < -0.4 is 4.74 Å². The van der Waals surface area contributed by atoms with Crippen molar-refractivity contribution in [2.75, 3.05) is 20.3 Å². The van der Waals surface area contributed by atoms with Gasteiger partial charge >= 0.3 is 5.97 Å². The Bertz CT molecular complexity index is 507. The Labute approximate surface area is 129 Å². The van der Waals surface area contributed by atoms with Crippen molar-refractivity contribution in [1.82, 2.24) is 0 Å². The van der Waals surface area contributed by atoms with Crippen LogP contribution in [0.15, 0.2) is 24.3 Å². The second-order valence-corrected chi connectivity index (χ2v) is 6.16. The van der Waals surface area contributed by atoms with Crippen LogP contribution in [0.5, 0.6) is 5.75 Å². The van der Waals surface area contributed by atoms with E-state index in [1.165, 1.54) is 5.56 Å². The number of carbonyl (C=O) groups is 1. The number of aliphatic carboxylic acids is 1. The highest BCUT2D eigenvalue weighted by Crippen LogP contribution is 2.28. The molecular weight excluding hydrogens is 288 g/mol. The Balaban J connectivity index is 2.02. The van der Waals surface area contributed by atoms with Crippen molar-refractivity contribution in [2.24, 2.45) is 0 Å². The third-order valence-corrected chi connectivity index (χ3v) is 4.80. The molecule has 0 atom stereocenters. The van der Waals surface area contributed by atoms with Gasteiger partial charge in [0, 0.05) is 35.9 Å². The van der Waals surface area contributed by atoms with Crippen molar-refractivity contribution in [3.8, 4) is 5.75 Å². The van der Waals surface area contributed by atoms with E-state index in [2.05, 4.69) is 0 Å². The first-order valence-corrected chi connectivity index (χ1v) is 8.01. The zero-order valence-corrected chi connectivity index (χ0v) is 12.9. The molecule has 21 heavy (non-hydrogen) atoms. The van der Waals surface area contributed by atoms with Crippen LogP contribution in [0, 0.1) is 0 Å². The van der Waals surface area contributed by atoms with E-state index >= 15 is 0 Å². The van der Waals surface area contributed by atoms with Crippen LogP contribution in [0.4, 0.5) is 0 Å². The number of benzene rings is 1. The van der Waals surface area contributed by atoms with Crippen LogP contribution in [-0.2, 0) is 15.3 Å². The molecule has 0 saturated carbocycles. The molecule has 5 heteroatoms. The molecule has 1 aromatic rings. The molecule has 0 aliphatic carbocycles. The minimum atomic E-state index is -0.959. The number of hydrogen-bond acceptors (Lipinski definition) is 4. The Morgan fingerprint density at radius 1 is 1.48 bits per heavy atom. The van der Waals surface area contributed by atoms with Gasteiger partial charge < -0.3 is 14.6 Å². The summed E-state index contributed by atoms with van der Waals surface area (Å²) in [6.45, 7) is 1.71. The molecule has 0 aromatic heterocycles. The Kier molecular flexibility index (Phi) is 6.14. The van der Waals surface area contributed by atoms with Gasteiger partial charge in [-0.05, 0) is 36.6 Å². The second-order valence-electron chi connectivity index (χ2n) is 4.87. The number of carboxylic acid groups (broad SMARTS) is 1. The molecule has 2 rings (SSSR count). The molecule has 1 fully saturated rings. The predicted molar refractivity (Wildman–Crippen MR) is 84.8 cm³/mol. The third-order valence-electron chi connectivity index (χ3n) is 3.35. The number of thioether (sulfide) groups is 1. The topological polar surface area (TPSA) is 55.8 Å². The summed E-state index contributed by atoms with van der Waals surface area (Å²) in [5.74, 6) is 0.647. The molecule has 1 aromatic carbocycles. The summed E-state index contributed by atoms with van der Waals surface area (Å²) in [5.41, 5.74) is 1.97. The maximum Gasteiger partial charge on any atom is 0.328 e. The summed E-state index contributed by atoms with van der Waals surface area (Å²) in [7, 11) is 1.59. The first kappa shape index (κ1) is 15.9. The van der Waals surface area contributed by atoms with Gasteiger partial charge in [-0.25, -0.2) is 4.79 Å². The highest BCUT2D eigenvalue weighted by atomic mass is 32.2. The summed E-state index contributed by atoms with van der Waals surface area (Å²) in [5, 5.41) is 9.39. The molecule has 1 N–H and O–H groups in total. The standard InChI is InChI=1S/C16H20O4S/c1-19-15-4-2-12(10-13(15)3-5-16(17)18)11-21-14-6-8-20-9-7-14/h2-5,10,14H,6-9,11H2,1H3,(H,17,18). The summed E-state index contributed by atoms with van der Waals surface area (Å²) in [6, 6.07) is 5.91. The van der Waals surface area contributed by atoms with Crippen molar-refractivity contribution < 1.29 is 19.4 Å². The van der Waals surface area contributed by atoms with Gasteiger partial charge in [0.25, 0.3) is 0 Å². The van der Waals surface area contributed by atoms with Crippen LogP contribution in [0.2, 0.25) is 0 Å². The van der Waals surface area contributed by atoms with Gasteiger partial charge in [0.15, 0.2) is 0 Å². The van der Waals surface area contributed by atoms with Crippen LogP contribution in [-0.4, -0.2) is 36.6 Å². The lowest BCUT2D eigenvalue weighted by Gasteiger charge is -2.21. The summed E-state index contributed by atoms with van der Waals surface area (Å²) >= 11 is 1.94. The average Bonchev–Trinajstić information content (AvgIpc) is 2.52. The van der Waals surface area contributed by atoms with E-state index in [0.717, 1.165) is 43.4 Å². The molecule has 1 saturated heterocycles. The van der Waals surface area contributed by atoms with E-state index in [9.17, 15) is 4.79 Å². The third kappa shape index (κ3) is 5.10. The molecule has 4 nitrogen and oxygen atoms in total. The molecule has 114 valence electrons. The maximum absolute atomic E-state index is 10.6. The fraction of sp³-hybridized carbons (Fsp3) is 0.438. The van der Waals surface area contributed by atoms with E-state index in [4.69, 9.17) is 14.6 Å². The molecule has 0 unspecified atom stereocenters. The zero-order chi connectivity index (χ0) is 15.1. The van der Waals surface area contributed by atoms with Crippen molar-refractivity contribution in [1.29, 1.82) is 0 Å². The molecule has 1 heterocycles. The minimum Gasteiger partial charge on any atom is -0.496 e. The number of carboxylic acids is 1. The van der Waals surface area contributed by atoms with E-state index in [1.54, 1.807) is 13.2 Å². The van der Waals surface area contributed by atoms with Crippen molar-refractivity contribution in [2.45, 2.75) is 23.8 Å². The quantitative estimate of drug-likeness (QED) is 0.818. The lowest BCUT2D eigenvalue weighted by Crippen LogP contribution is -2.17. The van der Waals surface area contributed by atoms with Gasteiger partial charge in [0.2, 0.25) is 0 Å². The highest BCUT2D eigenvalue weighted by molar-refractivity contribution is 7.99. The smallest absolute Gasteiger partial charge is 0.328 e. The SMILES string of the molecule is COc1ccc(CSC2CCOCC2)cc1C=CC(=O)O. The van der Waals surface area contributed by atoms with Gasteiger partial charge in [0.05, 0.1) is 7.11 Å². The normalized spacial score (nSPS) is 16.2. The number of ether oxygens (including phenoxy) is 2. The minimum absolute atomic E-state index is 0.652. The van der Waals surface area contributed by atoms with E-state index in [-0.39, 0.29) is 0 Å². The van der Waals surface area contributed by atoms with Gasteiger partial charge in [-0.2, -0.15) is 11.8 Å². The van der Waals surface area contributed by atoms with Gasteiger partial charge in [0.1, 0.15) is 5.75 Å². The van der Waals surface area contributed by atoms with E-state index in [1.807, 2.05) is 30.0 Å². The van der Waals surface area contributed by atoms with Crippen molar-refractivity contribution in [3.63, 3.8) is 0 Å². The molecule has 0 bridgehead atoms. The van der Waals surface area contributed by atoms with Crippen LogP contribution in [0.3, 0.4) is 0 Å². The zero-order valence-electron chi connectivity index (χ0n) is 12.1. The Morgan fingerprint density at radius 2 is 2.24 bits per heavy atom. The first-order chi connectivity index (χ1) is 10.2. The molecule has 0 amide bonds. The number of hydrogen-bond donors (Lipinski definition) is 1. The van der Waals surface area contributed by atoms with E-state index < -0.39 is 5.97 Å². The molecule has 0 spiro atoms. The van der Waals surface area contributed by atoms with Crippen molar-refractivity contribution >= 4 is 23.8 Å². The summed E-state index contributed by atoms with van der Waals surface area (Å²) in [6.07, 6.45) is 4.91. The van der Waals surface area contributed by atoms with Crippen molar-refractivity contribution in [3.05, 3.63) is 35.4 Å². The van der Waals surface area contributed by atoms with Gasteiger partial charge in [-0.15, -0.1) is 0 Å². The highest BCUT2D eigenvalue weighted by Gasteiger charge is 2.14. The summed E-state index contributed by atoms with van der Waals surface area (Å²) in [4.78, 5) is 10.6. The van der Waals surface area contributed by atoms with Gasteiger partial charge in [-0.1, -0.05) is 6.07 Å². The Morgan fingerprint density at radius 3 is 2.90 bits per heavy atom.